The Labute approximate surface area is 159 Å². The van der Waals surface area contributed by atoms with E-state index in [0.717, 1.165) is 29.0 Å². The highest BCUT2D eigenvalue weighted by Crippen LogP contribution is 2.27. The fourth-order valence-electron chi connectivity index (χ4n) is 2.64. The van der Waals surface area contributed by atoms with Gasteiger partial charge in [-0.3, -0.25) is 4.98 Å². The van der Waals surface area contributed by atoms with Gasteiger partial charge < -0.3 is 15.4 Å². The third-order valence-corrected chi connectivity index (χ3v) is 4.06. The number of urea groups is 1. The fraction of sp³-hybridized carbons (Fsp3) is 0.182. The van der Waals surface area contributed by atoms with Gasteiger partial charge in [0, 0.05) is 24.5 Å². The second kappa shape index (κ2) is 9.38. The van der Waals surface area contributed by atoms with Crippen molar-refractivity contribution in [1.29, 1.82) is 0 Å². The minimum Gasteiger partial charge on any atom is -0.494 e. The summed E-state index contributed by atoms with van der Waals surface area (Å²) in [5.74, 6) is 0.844. The summed E-state index contributed by atoms with van der Waals surface area (Å²) in [5, 5.41) is 5.78. The quantitative estimate of drug-likeness (QED) is 0.602. The highest BCUT2D eigenvalue weighted by atomic mass is 16.5. The molecule has 0 saturated carbocycles. The standard InChI is InChI=1S/C22H23N3O2/c1-17-7-9-19(10-8-17)27-16-4-13-24-22(26)25-21-6-3-2-5-20(21)18-11-14-23-15-12-18/h2-3,5-12,14-15H,4,13,16H2,1H3,(H2,24,25,26). The van der Waals surface area contributed by atoms with Crippen molar-refractivity contribution in [1.82, 2.24) is 10.3 Å². The molecule has 5 heteroatoms. The second-order valence-electron chi connectivity index (χ2n) is 6.18. The van der Waals surface area contributed by atoms with Gasteiger partial charge in [0.15, 0.2) is 0 Å². The van der Waals surface area contributed by atoms with Gasteiger partial charge >= 0.3 is 6.03 Å². The predicted octanol–water partition coefficient (Wildman–Crippen LogP) is 4.65. The van der Waals surface area contributed by atoms with Crippen LogP contribution in [0.2, 0.25) is 0 Å². The van der Waals surface area contributed by atoms with E-state index in [4.69, 9.17) is 4.74 Å². The molecule has 0 fully saturated rings. The van der Waals surface area contributed by atoms with E-state index in [2.05, 4.69) is 15.6 Å². The summed E-state index contributed by atoms with van der Waals surface area (Å²) in [5.41, 5.74) is 3.93. The number of carbonyl (C=O) groups excluding carboxylic acids is 1. The summed E-state index contributed by atoms with van der Waals surface area (Å²) >= 11 is 0. The van der Waals surface area contributed by atoms with Crippen molar-refractivity contribution in [2.75, 3.05) is 18.5 Å². The van der Waals surface area contributed by atoms with E-state index < -0.39 is 0 Å². The average molecular weight is 361 g/mol. The number of rotatable bonds is 7. The van der Waals surface area contributed by atoms with E-state index >= 15 is 0 Å². The second-order valence-corrected chi connectivity index (χ2v) is 6.18. The maximum atomic E-state index is 12.2. The van der Waals surface area contributed by atoms with Crippen LogP contribution in [0.3, 0.4) is 0 Å². The Bertz CT molecular complexity index is 864. The Kier molecular flexibility index (Phi) is 6.41. The highest BCUT2D eigenvalue weighted by molar-refractivity contribution is 5.94. The topological polar surface area (TPSA) is 63.2 Å². The number of hydrogen-bond acceptors (Lipinski definition) is 3. The van der Waals surface area contributed by atoms with Crippen LogP contribution in [0, 0.1) is 6.92 Å². The van der Waals surface area contributed by atoms with Crippen molar-refractivity contribution in [3.8, 4) is 16.9 Å². The number of hydrogen-bond donors (Lipinski definition) is 2. The number of pyridine rings is 1. The van der Waals surface area contributed by atoms with E-state index in [9.17, 15) is 4.79 Å². The van der Waals surface area contributed by atoms with Crippen molar-refractivity contribution in [3.63, 3.8) is 0 Å². The first-order valence-corrected chi connectivity index (χ1v) is 8.96. The molecule has 3 aromatic rings. The average Bonchev–Trinajstić information content (AvgIpc) is 2.70. The summed E-state index contributed by atoms with van der Waals surface area (Å²) in [6.45, 7) is 3.13. The molecule has 0 radical (unpaired) electrons. The van der Waals surface area contributed by atoms with E-state index in [0.29, 0.717) is 13.2 Å². The summed E-state index contributed by atoms with van der Waals surface area (Å²) < 4.78 is 5.66. The lowest BCUT2D eigenvalue weighted by molar-refractivity contribution is 0.250. The highest BCUT2D eigenvalue weighted by Gasteiger charge is 2.07. The lowest BCUT2D eigenvalue weighted by atomic mass is 10.1. The molecule has 0 saturated heterocycles. The van der Waals surface area contributed by atoms with Crippen molar-refractivity contribution in [3.05, 3.63) is 78.6 Å². The number of amides is 2. The Morgan fingerprint density at radius 2 is 1.74 bits per heavy atom. The molecule has 0 aliphatic rings. The van der Waals surface area contributed by atoms with Gasteiger partial charge in [0.2, 0.25) is 0 Å². The monoisotopic (exact) mass is 361 g/mol. The van der Waals surface area contributed by atoms with Crippen molar-refractivity contribution in [2.24, 2.45) is 0 Å². The molecule has 0 aliphatic heterocycles. The minimum atomic E-state index is -0.230. The summed E-state index contributed by atoms with van der Waals surface area (Å²) in [4.78, 5) is 16.2. The predicted molar refractivity (Wildman–Crippen MR) is 108 cm³/mol. The Morgan fingerprint density at radius 3 is 2.52 bits per heavy atom. The van der Waals surface area contributed by atoms with Gasteiger partial charge in [-0.05, 0) is 49.2 Å². The molecule has 1 aromatic heterocycles. The molecule has 2 amide bonds. The Morgan fingerprint density at radius 1 is 1.00 bits per heavy atom. The maximum Gasteiger partial charge on any atom is 0.319 e. The van der Waals surface area contributed by atoms with Crippen LogP contribution in [0.4, 0.5) is 10.5 Å². The van der Waals surface area contributed by atoms with Crippen molar-refractivity contribution < 1.29 is 9.53 Å². The summed E-state index contributed by atoms with van der Waals surface area (Å²) in [6.07, 6.45) is 4.20. The summed E-state index contributed by atoms with van der Waals surface area (Å²) in [7, 11) is 0. The van der Waals surface area contributed by atoms with E-state index in [1.807, 2.05) is 67.6 Å². The van der Waals surface area contributed by atoms with Crippen LogP contribution in [0.1, 0.15) is 12.0 Å². The molecule has 0 unspecified atom stereocenters. The molecule has 2 N–H and O–H groups in total. The third-order valence-electron chi connectivity index (χ3n) is 4.06. The van der Waals surface area contributed by atoms with Crippen molar-refractivity contribution >= 4 is 11.7 Å². The first-order valence-electron chi connectivity index (χ1n) is 8.96. The van der Waals surface area contributed by atoms with Gasteiger partial charge in [-0.1, -0.05) is 35.9 Å². The number of anilines is 1. The smallest absolute Gasteiger partial charge is 0.319 e. The van der Waals surface area contributed by atoms with Gasteiger partial charge in [0.05, 0.1) is 12.3 Å². The van der Waals surface area contributed by atoms with E-state index in [-0.39, 0.29) is 6.03 Å². The molecule has 138 valence electrons. The van der Waals surface area contributed by atoms with Gasteiger partial charge in [-0.15, -0.1) is 0 Å². The van der Waals surface area contributed by atoms with Gasteiger partial charge in [-0.2, -0.15) is 0 Å². The number of aryl methyl sites for hydroxylation is 1. The SMILES string of the molecule is Cc1ccc(OCCCNC(=O)Nc2ccccc2-c2ccncc2)cc1. The van der Waals surface area contributed by atoms with Crippen LogP contribution >= 0.6 is 0 Å². The number of para-hydroxylation sites is 1. The number of aromatic nitrogens is 1. The normalized spacial score (nSPS) is 10.3. The molecule has 1 heterocycles. The lowest BCUT2D eigenvalue weighted by Crippen LogP contribution is -2.30. The largest absolute Gasteiger partial charge is 0.494 e. The van der Waals surface area contributed by atoms with Crippen LogP contribution in [-0.2, 0) is 0 Å². The molecule has 5 nitrogen and oxygen atoms in total. The van der Waals surface area contributed by atoms with Crippen molar-refractivity contribution in [2.45, 2.75) is 13.3 Å². The minimum absolute atomic E-state index is 0.230. The van der Waals surface area contributed by atoms with Gasteiger partial charge in [0.25, 0.3) is 0 Å². The molecular weight excluding hydrogens is 338 g/mol. The zero-order valence-corrected chi connectivity index (χ0v) is 15.3. The van der Waals surface area contributed by atoms with E-state index in [1.54, 1.807) is 12.4 Å². The molecule has 3 rings (SSSR count). The molecule has 27 heavy (non-hydrogen) atoms. The molecule has 0 bridgehead atoms. The van der Waals surface area contributed by atoms with Crippen LogP contribution in [-0.4, -0.2) is 24.2 Å². The molecule has 2 aromatic carbocycles. The number of benzene rings is 2. The third kappa shape index (κ3) is 5.57. The van der Waals surface area contributed by atoms with Gasteiger partial charge in [0.1, 0.15) is 5.75 Å². The number of ether oxygens (including phenoxy) is 1. The first-order chi connectivity index (χ1) is 13.2. The molecule has 0 spiro atoms. The lowest BCUT2D eigenvalue weighted by Gasteiger charge is -2.12. The first kappa shape index (κ1) is 18.5. The Balaban J connectivity index is 1.45. The number of nitrogens with zero attached hydrogens (tertiary/aromatic N) is 1. The van der Waals surface area contributed by atoms with E-state index in [1.165, 1.54) is 5.56 Å². The Hall–Kier alpha value is -3.34. The molecule has 0 aliphatic carbocycles. The van der Waals surface area contributed by atoms with Crippen LogP contribution in [0.15, 0.2) is 73.1 Å². The number of nitrogens with one attached hydrogen (secondary N) is 2. The molecular formula is C22H23N3O2. The zero-order valence-electron chi connectivity index (χ0n) is 15.3. The van der Waals surface area contributed by atoms with Crippen LogP contribution in [0.5, 0.6) is 5.75 Å². The number of carbonyl (C=O) groups is 1. The molecule has 0 atom stereocenters. The fourth-order valence-corrected chi connectivity index (χ4v) is 2.64. The van der Waals surface area contributed by atoms with Crippen LogP contribution < -0.4 is 15.4 Å². The maximum absolute atomic E-state index is 12.2. The zero-order chi connectivity index (χ0) is 18.9. The van der Waals surface area contributed by atoms with Gasteiger partial charge in [-0.25, -0.2) is 4.79 Å². The van der Waals surface area contributed by atoms with Crippen LogP contribution in [0.25, 0.3) is 11.1 Å². The summed E-state index contributed by atoms with van der Waals surface area (Å²) in [6, 6.07) is 19.2.